The van der Waals surface area contributed by atoms with Gasteiger partial charge in [0, 0.05) is 17.7 Å². The molecule has 15 heteroatoms. The van der Waals surface area contributed by atoms with Gasteiger partial charge in [-0.2, -0.15) is 0 Å². The maximum atomic E-state index is 13.5. The van der Waals surface area contributed by atoms with Crippen molar-refractivity contribution in [2.75, 3.05) is 27.9 Å². The van der Waals surface area contributed by atoms with E-state index in [1.54, 1.807) is 24.3 Å². The molecule has 2 aromatic carbocycles. The lowest BCUT2D eigenvalue weighted by atomic mass is 9.98. The van der Waals surface area contributed by atoms with Crippen molar-refractivity contribution in [3.05, 3.63) is 46.6 Å². The Morgan fingerprint density at radius 1 is 0.733 bits per heavy atom. The minimum atomic E-state index is -1.74. The molecule has 10 atom stereocenters. The second kappa shape index (κ2) is 13.5. The molecular formula is C30H36O15. The Morgan fingerprint density at radius 2 is 1.40 bits per heavy atom. The van der Waals surface area contributed by atoms with Crippen LogP contribution in [0.4, 0.5) is 0 Å². The summed E-state index contributed by atoms with van der Waals surface area (Å²) in [4.78, 5) is 13.5. The van der Waals surface area contributed by atoms with Gasteiger partial charge in [0.25, 0.3) is 0 Å². The van der Waals surface area contributed by atoms with E-state index in [4.69, 9.17) is 37.6 Å². The van der Waals surface area contributed by atoms with E-state index in [9.17, 15) is 35.4 Å². The van der Waals surface area contributed by atoms with Crippen LogP contribution in [-0.2, 0) is 14.2 Å². The van der Waals surface area contributed by atoms with Crippen LogP contribution in [0, 0.1) is 0 Å². The van der Waals surface area contributed by atoms with Gasteiger partial charge >= 0.3 is 0 Å². The van der Waals surface area contributed by atoms with Gasteiger partial charge in [-0.15, -0.1) is 0 Å². The SMILES string of the molecule is COc1ccc(-c2oc3cc(O[C@@H]4O[C@H](CO[C@@H]5O[C@@H](C)[C@H](O)[C@@H](O)[C@H]5O)[C@@H](O)[C@H](O)[C@H]4O)cc(OC)c3c(=O)c2OC)cc1. The Morgan fingerprint density at radius 3 is 2.04 bits per heavy atom. The first kappa shape index (κ1) is 32.9. The average molecular weight is 637 g/mol. The molecule has 3 heterocycles. The van der Waals surface area contributed by atoms with Gasteiger partial charge in [0.1, 0.15) is 70.9 Å². The van der Waals surface area contributed by atoms with Gasteiger partial charge in [-0.3, -0.25) is 4.79 Å². The molecule has 3 aromatic rings. The first-order valence-electron chi connectivity index (χ1n) is 14.0. The molecule has 1 aromatic heterocycles. The fourth-order valence-corrected chi connectivity index (χ4v) is 5.22. The smallest absolute Gasteiger partial charge is 0.239 e. The summed E-state index contributed by atoms with van der Waals surface area (Å²) in [5, 5.41) is 62.0. The third-order valence-electron chi connectivity index (χ3n) is 7.82. The number of rotatable bonds is 9. The minimum Gasteiger partial charge on any atom is -0.497 e. The second-order valence-corrected chi connectivity index (χ2v) is 10.7. The van der Waals surface area contributed by atoms with Gasteiger partial charge in [-0.1, -0.05) is 0 Å². The third kappa shape index (κ3) is 6.31. The van der Waals surface area contributed by atoms with Crippen LogP contribution in [0.1, 0.15) is 6.92 Å². The first-order chi connectivity index (χ1) is 21.5. The maximum Gasteiger partial charge on any atom is 0.239 e. The van der Waals surface area contributed by atoms with Gasteiger partial charge < -0.3 is 68.2 Å². The van der Waals surface area contributed by atoms with E-state index in [2.05, 4.69) is 0 Å². The normalized spacial score (nSPS) is 31.9. The van der Waals surface area contributed by atoms with Crippen LogP contribution in [-0.4, -0.2) is 120 Å². The fourth-order valence-electron chi connectivity index (χ4n) is 5.22. The predicted octanol–water partition coefficient (Wildman–Crippen LogP) is -0.484. The highest BCUT2D eigenvalue weighted by Crippen LogP contribution is 2.37. The van der Waals surface area contributed by atoms with Crippen molar-refractivity contribution in [3.63, 3.8) is 0 Å². The lowest BCUT2D eigenvalue weighted by Gasteiger charge is -2.42. The van der Waals surface area contributed by atoms with Crippen molar-refractivity contribution in [1.82, 2.24) is 0 Å². The van der Waals surface area contributed by atoms with Crippen molar-refractivity contribution in [2.24, 2.45) is 0 Å². The van der Waals surface area contributed by atoms with E-state index in [0.717, 1.165) is 0 Å². The summed E-state index contributed by atoms with van der Waals surface area (Å²) in [5.74, 6) is 0.723. The molecule has 0 amide bonds. The zero-order valence-electron chi connectivity index (χ0n) is 24.8. The topological polar surface area (TPSA) is 216 Å². The van der Waals surface area contributed by atoms with Gasteiger partial charge in [0.2, 0.25) is 17.5 Å². The quantitative estimate of drug-likeness (QED) is 0.175. The molecule has 0 saturated carbocycles. The maximum absolute atomic E-state index is 13.5. The molecular weight excluding hydrogens is 600 g/mol. The Labute approximate surface area is 256 Å². The largest absolute Gasteiger partial charge is 0.497 e. The lowest BCUT2D eigenvalue weighted by molar-refractivity contribution is -0.318. The van der Waals surface area contributed by atoms with E-state index < -0.39 is 73.4 Å². The van der Waals surface area contributed by atoms with Gasteiger partial charge in [0.15, 0.2) is 12.1 Å². The van der Waals surface area contributed by atoms with Crippen molar-refractivity contribution in [1.29, 1.82) is 0 Å². The van der Waals surface area contributed by atoms with Crippen LogP contribution in [0.15, 0.2) is 45.6 Å². The summed E-state index contributed by atoms with van der Waals surface area (Å²) in [6, 6.07) is 9.47. The molecule has 15 nitrogen and oxygen atoms in total. The highest BCUT2D eigenvalue weighted by molar-refractivity contribution is 5.88. The molecule has 246 valence electrons. The van der Waals surface area contributed by atoms with Gasteiger partial charge in [-0.05, 0) is 31.2 Å². The van der Waals surface area contributed by atoms with Crippen molar-refractivity contribution in [2.45, 2.75) is 68.3 Å². The number of methoxy groups -OCH3 is 3. The van der Waals surface area contributed by atoms with Crippen molar-refractivity contribution in [3.8, 4) is 34.3 Å². The molecule has 45 heavy (non-hydrogen) atoms. The molecule has 5 rings (SSSR count). The predicted molar refractivity (Wildman–Crippen MR) is 153 cm³/mol. The Bertz CT molecular complexity index is 1520. The summed E-state index contributed by atoms with van der Waals surface area (Å²) in [5.41, 5.74) is 0.0493. The van der Waals surface area contributed by atoms with E-state index in [1.165, 1.54) is 40.4 Å². The summed E-state index contributed by atoms with van der Waals surface area (Å²) < 4.78 is 44.6. The number of hydrogen-bond acceptors (Lipinski definition) is 15. The van der Waals surface area contributed by atoms with Crippen molar-refractivity contribution < 1.29 is 68.2 Å². The summed E-state index contributed by atoms with van der Waals surface area (Å²) in [6.07, 6.45) is -14.7. The highest BCUT2D eigenvalue weighted by Gasteiger charge is 2.47. The molecule has 0 unspecified atom stereocenters. The van der Waals surface area contributed by atoms with Crippen LogP contribution in [0.2, 0.25) is 0 Å². The van der Waals surface area contributed by atoms with E-state index >= 15 is 0 Å². The number of fused-ring (bicyclic) bond motifs is 1. The Hall–Kier alpha value is -3.51. The van der Waals surface area contributed by atoms with Crippen molar-refractivity contribution >= 4 is 11.0 Å². The van der Waals surface area contributed by atoms with Gasteiger partial charge in [0.05, 0.1) is 34.0 Å². The molecule has 6 N–H and O–H groups in total. The number of hydrogen-bond donors (Lipinski definition) is 6. The average Bonchev–Trinajstić information content (AvgIpc) is 3.04. The van der Waals surface area contributed by atoms with Gasteiger partial charge in [-0.25, -0.2) is 0 Å². The standard InChI is InChI=1S/C30H36O15/c1-12-20(31)23(34)25(36)29(42-12)41-11-18-21(32)24(35)26(37)30(45-18)43-15-9-16(39-3)19-17(10-15)44-27(28(40-4)22(19)33)13-5-7-14(38-2)8-6-13/h5-10,12,18,20-21,23-26,29-32,34-37H,11H2,1-4H3/t12-,18+,20-,21+,23+,24-,25+,26+,29+,30+/m0/s1. The van der Waals surface area contributed by atoms with Crippen LogP contribution in [0.25, 0.3) is 22.3 Å². The van der Waals surface area contributed by atoms with E-state index in [0.29, 0.717) is 11.3 Å². The Kier molecular flexibility index (Phi) is 9.83. The second-order valence-electron chi connectivity index (χ2n) is 10.7. The summed E-state index contributed by atoms with van der Waals surface area (Å²) in [6.45, 7) is 1.00. The molecule has 2 fully saturated rings. The van der Waals surface area contributed by atoms with Crippen LogP contribution < -0.4 is 24.4 Å². The first-order valence-corrected chi connectivity index (χ1v) is 14.0. The zero-order chi connectivity index (χ0) is 32.6. The molecule has 0 aliphatic carbocycles. The summed E-state index contributed by atoms with van der Waals surface area (Å²) >= 11 is 0. The number of aliphatic hydroxyl groups excluding tert-OH is 6. The molecule has 2 aliphatic rings. The van der Waals surface area contributed by atoms with E-state index in [1.807, 2.05) is 0 Å². The third-order valence-corrected chi connectivity index (χ3v) is 7.82. The number of aliphatic hydroxyl groups is 6. The van der Waals surface area contributed by atoms with Crippen LogP contribution >= 0.6 is 0 Å². The molecule has 0 spiro atoms. The summed E-state index contributed by atoms with van der Waals surface area (Å²) in [7, 11) is 4.19. The fraction of sp³-hybridized carbons (Fsp3) is 0.500. The van der Waals surface area contributed by atoms with Crippen LogP contribution in [0.5, 0.6) is 23.0 Å². The van der Waals surface area contributed by atoms with Crippen LogP contribution in [0.3, 0.4) is 0 Å². The molecule has 0 bridgehead atoms. The molecule has 2 aliphatic heterocycles. The van der Waals surface area contributed by atoms with E-state index in [-0.39, 0.29) is 34.0 Å². The molecule has 2 saturated heterocycles. The monoisotopic (exact) mass is 636 g/mol. The number of benzene rings is 2. The minimum absolute atomic E-state index is 0.0117. The number of ether oxygens (including phenoxy) is 7. The lowest BCUT2D eigenvalue weighted by Crippen LogP contribution is -2.61. The molecule has 0 radical (unpaired) electrons. The highest BCUT2D eigenvalue weighted by atomic mass is 16.7. The zero-order valence-corrected chi connectivity index (χ0v) is 24.8. The Balaban J connectivity index is 1.42.